The molecule has 0 spiro atoms. The maximum Gasteiger partial charge on any atom is 0.251 e. The molecular formula is C20H24ClN3O3S. The van der Waals surface area contributed by atoms with Gasteiger partial charge in [-0.15, -0.1) is 0 Å². The first-order valence-electron chi connectivity index (χ1n) is 8.99. The summed E-state index contributed by atoms with van der Waals surface area (Å²) in [7, 11) is 1.50. The van der Waals surface area contributed by atoms with Crippen molar-refractivity contribution < 1.29 is 14.3 Å². The zero-order valence-corrected chi connectivity index (χ0v) is 17.6. The minimum atomic E-state index is -0.901. The lowest BCUT2D eigenvalue weighted by Crippen LogP contribution is -2.46. The molecule has 0 radical (unpaired) electrons. The Morgan fingerprint density at radius 2 is 2.18 bits per heavy atom. The van der Waals surface area contributed by atoms with Crippen LogP contribution in [0.25, 0.3) is 0 Å². The van der Waals surface area contributed by atoms with Crippen molar-refractivity contribution >= 4 is 34.8 Å². The Balaban J connectivity index is 1.75. The van der Waals surface area contributed by atoms with Crippen LogP contribution in [-0.4, -0.2) is 24.5 Å². The van der Waals surface area contributed by atoms with Crippen molar-refractivity contribution in [2.75, 3.05) is 7.11 Å². The summed E-state index contributed by atoms with van der Waals surface area (Å²) >= 11 is 8.01. The van der Waals surface area contributed by atoms with E-state index >= 15 is 0 Å². The van der Waals surface area contributed by atoms with E-state index in [1.807, 2.05) is 29.0 Å². The van der Waals surface area contributed by atoms with Gasteiger partial charge in [0.1, 0.15) is 11.8 Å². The molecule has 1 aliphatic heterocycles. The number of carbonyl (C=O) groups excluding carboxylic acids is 2. The van der Waals surface area contributed by atoms with Crippen LogP contribution in [0.5, 0.6) is 0 Å². The topological polar surface area (TPSA) is 79.5 Å². The van der Waals surface area contributed by atoms with Gasteiger partial charge in [-0.05, 0) is 53.9 Å². The lowest BCUT2D eigenvalue weighted by Gasteiger charge is -2.32. The molecule has 2 unspecified atom stereocenters. The second-order valence-electron chi connectivity index (χ2n) is 7.23. The Morgan fingerprint density at radius 3 is 2.86 bits per heavy atom. The number of rotatable bonds is 6. The first-order chi connectivity index (χ1) is 13.3. The third-order valence-corrected chi connectivity index (χ3v) is 5.94. The largest absolute Gasteiger partial charge is 0.369 e. The molecule has 0 bridgehead atoms. The Labute approximate surface area is 173 Å². The Kier molecular flexibility index (Phi) is 6.40. The molecule has 6 nitrogen and oxygen atoms in total. The quantitative estimate of drug-likeness (QED) is 0.668. The van der Waals surface area contributed by atoms with Crippen molar-refractivity contribution in [3.05, 3.63) is 56.7 Å². The number of hydrogen-bond acceptors (Lipinski definition) is 5. The van der Waals surface area contributed by atoms with Gasteiger partial charge < -0.3 is 15.4 Å². The van der Waals surface area contributed by atoms with Gasteiger partial charge in [0.2, 0.25) is 5.91 Å². The number of benzene rings is 1. The van der Waals surface area contributed by atoms with Crippen molar-refractivity contribution in [1.29, 1.82) is 0 Å². The van der Waals surface area contributed by atoms with Gasteiger partial charge in [-0.1, -0.05) is 17.7 Å². The highest BCUT2D eigenvalue weighted by Gasteiger charge is 2.30. The number of nitrogens with one attached hydrogen (secondary N) is 3. The predicted octanol–water partition coefficient (Wildman–Crippen LogP) is 3.29. The van der Waals surface area contributed by atoms with Gasteiger partial charge in [0.05, 0.1) is 0 Å². The van der Waals surface area contributed by atoms with Crippen LogP contribution < -0.4 is 16.0 Å². The average molecular weight is 422 g/mol. The molecule has 1 fully saturated rings. The molecule has 1 aliphatic rings. The van der Waals surface area contributed by atoms with Crippen LogP contribution in [0.1, 0.15) is 49.2 Å². The molecule has 2 aromatic rings. The van der Waals surface area contributed by atoms with Crippen LogP contribution in [0.4, 0.5) is 0 Å². The van der Waals surface area contributed by atoms with E-state index in [0.29, 0.717) is 18.0 Å². The minimum absolute atomic E-state index is 0.0310. The SMILES string of the molecule is COC(C)(C)C(=O)NCc1ccc(Cl)c(C2NC(=O)CC(c3ccsc3)N2)c1. The molecule has 0 saturated carbocycles. The molecule has 0 aliphatic carbocycles. The number of amides is 2. The summed E-state index contributed by atoms with van der Waals surface area (Å²) in [5.41, 5.74) is 1.84. The zero-order valence-electron chi connectivity index (χ0n) is 16.0. The number of halogens is 1. The fourth-order valence-corrected chi connectivity index (χ4v) is 3.92. The van der Waals surface area contributed by atoms with Gasteiger partial charge >= 0.3 is 0 Å². The highest BCUT2D eigenvalue weighted by atomic mass is 35.5. The van der Waals surface area contributed by atoms with Crippen LogP contribution in [0.2, 0.25) is 5.02 Å². The average Bonchev–Trinajstić information content (AvgIpc) is 3.21. The Hall–Kier alpha value is -1.93. The van der Waals surface area contributed by atoms with Crippen LogP contribution in [0, 0.1) is 0 Å². The lowest BCUT2D eigenvalue weighted by atomic mass is 10.0. The highest BCUT2D eigenvalue weighted by molar-refractivity contribution is 7.08. The minimum Gasteiger partial charge on any atom is -0.369 e. The van der Waals surface area contributed by atoms with Gasteiger partial charge in [-0.2, -0.15) is 11.3 Å². The standard InChI is InChI=1S/C20H24ClN3O3S/c1-20(2,27-3)19(26)22-10-12-4-5-15(21)14(8-12)18-23-16(9-17(25)24-18)13-6-7-28-11-13/h4-8,11,16,18,23H,9-10H2,1-3H3,(H,22,26)(H,24,25). The number of ether oxygens (including phenoxy) is 1. The van der Waals surface area contributed by atoms with Crippen LogP contribution in [-0.2, 0) is 20.9 Å². The smallest absolute Gasteiger partial charge is 0.251 e. The van der Waals surface area contributed by atoms with Crippen molar-refractivity contribution in [3.63, 3.8) is 0 Å². The molecule has 3 N–H and O–H groups in total. The van der Waals surface area contributed by atoms with E-state index in [1.165, 1.54) is 7.11 Å². The Morgan fingerprint density at radius 1 is 1.39 bits per heavy atom. The third kappa shape index (κ3) is 4.72. The van der Waals surface area contributed by atoms with Gasteiger partial charge in [-0.25, -0.2) is 0 Å². The van der Waals surface area contributed by atoms with Crippen molar-refractivity contribution in [2.24, 2.45) is 0 Å². The molecule has 2 atom stereocenters. The van der Waals surface area contributed by atoms with E-state index in [2.05, 4.69) is 16.0 Å². The summed E-state index contributed by atoms with van der Waals surface area (Å²) < 4.78 is 5.20. The summed E-state index contributed by atoms with van der Waals surface area (Å²) in [5.74, 6) is -0.232. The van der Waals surface area contributed by atoms with Gasteiger partial charge in [-0.3, -0.25) is 14.9 Å². The van der Waals surface area contributed by atoms with Crippen LogP contribution >= 0.6 is 22.9 Å². The highest BCUT2D eigenvalue weighted by Crippen LogP contribution is 2.30. The predicted molar refractivity (Wildman–Crippen MR) is 110 cm³/mol. The summed E-state index contributed by atoms with van der Waals surface area (Å²) in [6.45, 7) is 3.76. The van der Waals surface area contributed by atoms with Gasteiger partial charge in [0.25, 0.3) is 5.91 Å². The fraction of sp³-hybridized carbons (Fsp3) is 0.400. The normalized spacial score (nSPS) is 19.9. The van der Waals surface area contributed by atoms with Crippen LogP contribution in [0.3, 0.4) is 0 Å². The van der Waals surface area contributed by atoms with Gasteiger partial charge in [0, 0.05) is 36.7 Å². The fourth-order valence-electron chi connectivity index (χ4n) is 2.97. The molecule has 1 aromatic carbocycles. The third-order valence-electron chi connectivity index (χ3n) is 4.89. The van der Waals surface area contributed by atoms with E-state index < -0.39 is 11.8 Å². The van der Waals surface area contributed by atoms with Crippen molar-refractivity contribution in [1.82, 2.24) is 16.0 Å². The summed E-state index contributed by atoms with van der Waals surface area (Å²) in [5, 5.41) is 13.9. The maximum atomic E-state index is 12.2. The van der Waals surface area contributed by atoms with Crippen molar-refractivity contribution in [3.8, 4) is 0 Å². The zero-order chi connectivity index (χ0) is 20.3. The monoisotopic (exact) mass is 421 g/mol. The number of thiophene rings is 1. The molecule has 1 saturated heterocycles. The number of carbonyl (C=O) groups is 2. The second kappa shape index (κ2) is 8.61. The first-order valence-corrected chi connectivity index (χ1v) is 10.3. The molecule has 2 heterocycles. The van der Waals surface area contributed by atoms with E-state index in [4.69, 9.17) is 16.3 Å². The first kappa shape index (κ1) is 20.8. The molecule has 8 heteroatoms. The summed E-state index contributed by atoms with van der Waals surface area (Å²) in [6.07, 6.45) is -0.0168. The van der Waals surface area contributed by atoms with Gasteiger partial charge in [0.15, 0.2) is 0 Å². The molecule has 150 valence electrons. The van der Waals surface area contributed by atoms with Crippen molar-refractivity contribution in [2.45, 2.75) is 44.6 Å². The van der Waals surface area contributed by atoms with E-state index in [0.717, 1.165) is 16.7 Å². The maximum absolute atomic E-state index is 12.2. The molecule has 28 heavy (non-hydrogen) atoms. The molecule has 2 amide bonds. The molecule has 3 rings (SSSR count). The van der Waals surface area contributed by atoms with E-state index in [1.54, 1.807) is 31.3 Å². The lowest BCUT2D eigenvalue weighted by molar-refractivity contribution is -0.139. The Bertz CT molecular complexity index is 854. The molecular weight excluding hydrogens is 398 g/mol. The second-order valence-corrected chi connectivity index (χ2v) is 8.42. The van der Waals surface area contributed by atoms with E-state index in [9.17, 15) is 9.59 Å². The summed E-state index contributed by atoms with van der Waals surface area (Å²) in [6, 6.07) is 7.49. The summed E-state index contributed by atoms with van der Waals surface area (Å²) in [4.78, 5) is 24.5. The van der Waals surface area contributed by atoms with E-state index in [-0.39, 0.29) is 17.9 Å². The number of hydrogen-bond donors (Lipinski definition) is 3. The molecule has 1 aromatic heterocycles. The van der Waals surface area contributed by atoms with Crippen LogP contribution in [0.15, 0.2) is 35.0 Å². The number of methoxy groups -OCH3 is 1.